The van der Waals surface area contributed by atoms with Crippen LogP contribution in [0.15, 0.2) is 60.7 Å². The van der Waals surface area contributed by atoms with Gasteiger partial charge in [-0.3, -0.25) is 28.8 Å². The van der Waals surface area contributed by atoms with E-state index in [1.165, 1.54) is 0 Å². The van der Waals surface area contributed by atoms with Crippen LogP contribution >= 0.6 is 0 Å². The number of piperidine rings is 2. The van der Waals surface area contributed by atoms with E-state index in [2.05, 4.69) is 46.1 Å². The fourth-order valence-corrected chi connectivity index (χ4v) is 12.3. The van der Waals surface area contributed by atoms with Crippen LogP contribution in [0.2, 0.25) is 0 Å². The second-order valence-electron chi connectivity index (χ2n) is 21.3. The normalized spacial score (nSPS) is 28.7. The van der Waals surface area contributed by atoms with Crippen molar-refractivity contribution >= 4 is 35.3 Å². The lowest BCUT2D eigenvalue weighted by Crippen LogP contribution is -2.59. The summed E-state index contributed by atoms with van der Waals surface area (Å²) in [5.41, 5.74) is 1.26. The van der Waals surface area contributed by atoms with Gasteiger partial charge in [0.25, 0.3) is 11.8 Å². The predicted molar refractivity (Wildman–Crippen MR) is 269 cm³/mol. The number of likely N-dealkylation sites (N-methyl/N-ethyl adjacent to an activating group) is 1. The molecule has 2 unspecified atom stereocenters. The highest BCUT2D eigenvalue weighted by molar-refractivity contribution is 5.91. The number of carbonyl (C=O) groups is 6. The van der Waals surface area contributed by atoms with Crippen molar-refractivity contribution in [3.05, 3.63) is 71.8 Å². The van der Waals surface area contributed by atoms with Crippen LogP contribution < -0.4 is 10.6 Å². The van der Waals surface area contributed by atoms with Crippen molar-refractivity contribution in [1.29, 1.82) is 0 Å². The molecule has 14 heteroatoms. The highest BCUT2D eigenvalue weighted by atomic mass is 16.5. The fourth-order valence-electron chi connectivity index (χ4n) is 12.3. The van der Waals surface area contributed by atoms with E-state index < -0.39 is 24.3 Å². The fraction of sp³-hybridized carbons (Fsp3) is 0.614. The van der Waals surface area contributed by atoms with Gasteiger partial charge in [-0.25, -0.2) is 0 Å². The molecule has 2 aromatic carbocycles. The lowest BCUT2D eigenvalue weighted by molar-refractivity contribution is -0.150. The van der Waals surface area contributed by atoms with Gasteiger partial charge < -0.3 is 39.7 Å². The van der Waals surface area contributed by atoms with Crippen LogP contribution in [0.4, 0.5) is 0 Å². The standard InChI is InChI=1S/C57H74N6O8/c1-6-38(2)48(64)34-43-23-17-24-44-33-42-27-29-60(36-47(42)62(44)53(43)66)55(68)50(40-19-11-9-12-20-40)70-31-15-7-8-16-32-71-51(41-21-13-10-14-22-41)56(69)61-30-28-57(4)35-45-25-18-26-46(59-52(65)39(3)58-5)54(67)63(45)49(57)37-61/h9-14,19-22,38-39,42-47,49-51,58H,6,17-18,23-37H2,1-5H3,(H,59,65)/t38-,39+,42-,43-,44+,45+,46+,47-,49-,50?,51?,57-/m1/s1. The van der Waals surface area contributed by atoms with Crippen molar-refractivity contribution in [3.8, 4) is 23.7 Å². The van der Waals surface area contributed by atoms with Gasteiger partial charge in [0.2, 0.25) is 17.7 Å². The number of benzene rings is 2. The molecule has 6 saturated heterocycles. The molecule has 0 spiro atoms. The van der Waals surface area contributed by atoms with E-state index in [4.69, 9.17) is 9.47 Å². The highest BCUT2D eigenvalue weighted by Crippen LogP contribution is 2.49. The predicted octanol–water partition coefficient (Wildman–Crippen LogP) is 5.62. The number of carbonyl (C=O) groups excluding carboxylic acids is 6. The highest BCUT2D eigenvalue weighted by Gasteiger charge is 2.56. The number of amides is 5. The lowest BCUT2D eigenvalue weighted by atomic mass is 9.75. The number of nitrogens with zero attached hydrogens (tertiary/aromatic N) is 4. The molecule has 0 saturated carbocycles. The average Bonchev–Trinajstić information content (AvgIpc) is 3.79. The molecule has 6 aliphatic rings. The molecule has 71 heavy (non-hydrogen) atoms. The zero-order chi connectivity index (χ0) is 50.2. The molecule has 0 aliphatic carbocycles. The first-order valence-electron chi connectivity index (χ1n) is 26.3. The molecule has 5 amide bonds. The van der Waals surface area contributed by atoms with Gasteiger partial charge in [0.05, 0.1) is 18.1 Å². The van der Waals surface area contributed by atoms with E-state index in [0.717, 1.165) is 64.2 Å². The number of ether oxygens (including phenoxy) is 2. The number of ketones is 1. The van der Waals surface area contributed by atoms with E-state index in [1.807, 2.05) is 89.2 Å². The van der Waals surface area contributed by atoms with Crippen molar-refractivity contribution in [2.75, 3.05) is 46.4 Å². The van der Waals surface area contributed by atoms with Gasteiger partial charge >= 0.3 is 0 Å². The number of hydrogen-bond acceptors (Lipinski definition) is 9. The molecular formula is C57H74N6O8. The largest absolute Gasteiger partial charge is 0.351 e. The van der Waals surface area contributed by atoms with Crippen LogP contribution in [0, 0.1) is 46.9 Å². The number of fused-ring (bicyclic) bond motifs is 6. The molecule has 0 radical (unpaired) electrons. The van der Waals surface area contributed by atoms with Crippen molar-refractivity contribution in [1.82, 2.24) is 30.2 Å². The van der Waals surface area contributed by atoms with E-state index in [1.54, 1.807) is 14.0 Å². The summed E-state index contributed by atoms with van der Waals surface area (Å²) < 4.78 is 12.5. The second kappa shape index (κ2) is 23.3. The van der Waals surface area contributed by atoms with Gasteiger partial charge in [-0.15, -0.1) is 0 Å². The molecule has 0 aromatic heterocycles. The van der Waals surface area contributed by atoms with Gasteiger partial charge in [-0.05, 0) is 112 Å². The Balaban J connectivity index is 0.888. The first-order valence-corrected chi connectivity index (χ1v) is 26.3. The van der Waals surface area contributed by atoms with Crippen LogP contribution in [-0.2, 0) is 38.2 Å². The monoisotopic (exact) mass is 971 g/mol. The zero-order valence-corrected chi connectivity index (χ0v) is 42.4. The Kier molecular flexibility index (Phi) is 17.0. The maximum Gasteiger partial charge on any atom is 0.256 e. The third-order valence-corrected chi connectivity index (χ3v) is 16.8. The SMILES string of the molecule is CC[C@@H](C)C(=O)C[C@H]1CCC[C@H]2C[C@H]3CCN(C(=O)C(OCC#CC#CCOC(C(=O)N4CC[C@]5(C)C[C@@H]6CCC[C@H](NC(=O)[C@H](C)NC)C(=O)N6[C@@H]5C4)c4ccccc4)c4ccccc4)C[C@H]3N2C1=O. The molecule has 2 N–H and O–H groups in total. The van der Waals surface area contributed by atoms with Crippen molar-refractivity contribution in [2.24, 2.45) is 23.2 Å². The smallest absolute Gasteiger partial charge is 0.256 e. The van der Waals surface area contributed by atoms with Crippen molar-refractivity contribution in [3.63, 3.8) is 0 Å². The number of likely N-dealkylation sites (tertiary alicyclic amines) is 2. The lowest BCUT2D eigenvalue weighted by Gasteiger charge is -2.45. The van der Waals surface area contributed by atoms with Crippen molar-refractivity contribution < 1.29 is 38.2 Å². The van der Waals surface area contributed by atoms with E-state index in [9.17, 15) is 28.8 Å². The quantitative estimate of drug-likeness (QED) is 0.217. The van der Waals surface area contributed by atoms with Crippen molar-refractivity contribution in [2.45, 2.75) is 153 Å². The maximum atomic E-state index is 14.5. The topological polar surface area (TPSA) is 158 Å². The summed E-state index contributed by atoms with van der Waals surface area (Å²) in [6, 6.07) is 17.7. The van der Waals surface area contributed by atoms with Crippen LogP contribution in [0.1, 0.15) is 128 Å². The van der Waals surface area contributed by atoms with Gasteiger partial charge in [0.1, 0.15) is 25.0 Å². The Morgan fingerprint density at radius 2 is 1.37 bits per heavy atom. The first kappa shape index (κ1) is 51.8. The van der Waals surface area contributed by atoms with Gasteiger partial charge in [0.15, 0.2) is 12.2 Å². The molecule has 6 aliphatic heterocycles. The Labute approximate surface area is 420 Å². The summed E-state index contributed by atoms with van der Waals surface area (Å²) in [5.74, 6) is 11.1. The summed E-state index contributed by atoms with van der Waals surface area (Å²) in [7, 11) is 1.72. The summed E-state index contributed by atoms with van der Waals surface area (Å²) in [6.45, 7) is 9.76. The van der Waals surface area contributed by atoms with Gasteiger partial charge in [-0.2, -0.15) is 0 Å². The van der Waals surface area contributed by atoms with Crippen LogP contribution in [0.3, 0.4) is 0 Å². The Bertz CT molecular complexity index is 2380. The van der Waals surface area contributed by atoms with Crippen LogP contribution in [0.25, 0.3) is 0 Å². The van der Waals surface area contributed by atoms with Crippen LogP contribution in [0.5, 0.6) is 0 Å². The average molecular weight is 971 g/mol. The molecule has 6 heterocycles. The number of hydrogen-bond donors (Lipinski definition) is 2. The van der Waals surface area contributed by atoms with Gasteiger partial charge in [-0.1, -0.05) is 99.7 Å². The molecule has 380 valence electrons. The summed E-state index contributed by atoms with van der Waals surface area (Å²) in [4.78, 5) is 90.8. The van der Waals surface area contributed by atoms with Gasteiger partial charge in [0, 0.05) is 56.5 Å². The number of Topliss-reactive ketones (excluding diaryl/α,β-unsaturated/α-hetero) is 1. The number of nitrogens with one attached hydrogen (secondary N) is 2. The first-order chi connectivity index (χ1) is 34.3. The molecule has 0 bridgehead atoms. The minimum Gasteiger partial charge on any atom is -0.351 e. The Morgan fingerprint density at radius 3 is 1.99 bits per heavy atom. The maximum absolute atomic E-state index is 14.5. The second-order valence-corrected chi connectivity index (χ2v) is 21.3. The molecule has 8 rings (SSSR count). The summed E-state index contributed by atoms with van der Waals surface area (Å²) >= 11 is 0. The Hall–Kier alpha value is -5.54. The third-order valence-electron chi connectivity index (χ3n) is 16.8. The summed E-state index contributed by atoms with van der Waals surface area (Å²) in [6.07, 6.45) is 7.48. The molecule has 12 atom stereocenters. The molecular weight excluding hydrogens is 897 g/mol. The minimum atomic E-state index is -0.922. The number of rotatable bonds is 15. The molecule has 6 fully saturated rings. The summed E-state index contributed by atoms with van der Waals surface area (Å²) in [5, 5.41) is 5.95. The molecule has 14 nitrogen and oxygen atoms in total. The van der Waals surface area contributed by atoms with E-state index in [0.29, 0.717) is 56.1 Å². The van der Waals surface area contributed by atoms with E-state index in [-0.39, 0.29) is 90.0 Å². The zero-order valence-electron chi connectivity index (χ0n) is 42.4. The molecule has 2 aromatic rings. The minimum absolute atomic E-state index is 0.0535. The Morgan fingerprint density at radius 1 is 0.761 bits per heavy atom. The van der Waals surface area contributed by atoms with E-state index >= 15 is 0 Å². The van der Waals surface area contributed by atoms with Crippen LogP contribution in [-0.4, -0.2) is 138 Å². The third kappa shape index (κ3) is 11.6.